The van der Waals surface area contributed by atoms with Crippen LogP contribution < -0.4 is 10.9 Å². The van der Waals surface area contributed by atoms with E-state index in [1.165, 1.54) is 34.4 Å². The molecular formula is C23H20FN3O2S. The van der Waals surface area contributed by atoms with E-state index < -0.39 is 5.82 Å². The molecule has 4 aromatic rings. The molecule has 0 aliphatic carbocycles. The zero-order valence-corrected chi connectivity index (χ0v) is 17.4. The zero-order chi connectivity index (χ0) is 21.3. The molecule has 0 saturated heterocycles. The molecule has 2 aromatic heterocycles. The number of rotatable bonds is 5. The van der Waals surface area contributed by atoms with Crippen LogP contribution >= 0.6 is 11.3 Å². The van der Waals surface area contributed by atoms with E-state index in [1.54, 1.807) is 13.0 Å². The lowest BCUT2D eigenvalue weighted by Gasteiger charge is -2.09. The predicted molar refractivity (Wildman–Crippen MR) is 118 cm³/mol. The van der Waals surface area contributed by atoms with Crippen LogP contribution in [-0.4, -0.2) is 15.5 Å². The van der Waals surface area contributed by atoms with Gasteiger partial charge in [-0.05, 0) is 37.1 Å². The predicted octanol–water partition coefficient (Wildman–Crippen LogP) is 4.91. The van der Waals surface area contributed by atoms with E-state index in [9.17, 15) is 14.0 Å². The number of thiophene rings is 1. The summed E-state index contributed by atoms with van der Waals surface area (Å²) >= 11 is 1.42. The molecule has 7 heteroatoms. The van der Waals surface area contributed by atoms with Crippen LogP contribution in [0.1, 0.15) is 17.5 Å². The van der Waals surface area contributed by atoms with E-state index in [4.69, 9.17) is 0 Å². The first-order chi connectivity index (χ1) is 14.4. The Morgan fingerprint density at radius 2 is 1.87 bits per heavy atom. The molecule has 0 unspecified atom stereocenters. The largest absolute Gasteiger partial charge is 0.324 e. The standard InChI is InChI=1S/C23H20FN3O2S/c1-14-3-6-16(7-4-14)17-12-30-22-21(17)23(29)27(13-25-22)10-9-20(28)26-19-8-5-15(2)11-18(19)24/h3-8,11-13H,9-10H2,1-2H3,(H,26,28). The molecule has 0 atom stereocenters. The summed E-state index contributed by atoms with van der Waals surface area (Å²) < 4.78 is 15.4. The monoisotopic (exact) mass is 421 g/mol. The minimum Gasteiger partial charge on any atom is -0.324 e. The number of hydrogen-bond acceptors (Lipinski definition) is 4. The molecule has 5 nitrogen and oxygen atoms in total. The van der Waals surface area contributed by atoms with E-state index in [2.05, 4.69) is 10.3 Å². The Morgan fingerprint density at radius 3 is 2.60 bits per heavy atom. The van der Waals surface area contributed by atoms with Crippen molar-refractivity contribution in [3.63, 3.8) is 0 Å². The third kappa shape index (κ3) is 4.02. The summed E-state index contributed by atoms with van der Waals surface area (Å²) in [7, 11) is 0. The van der Waals surface area contributed by atoms with E-state index in [0.717, 1.165) is 22.3 Å². The van der Waals surface area contributed by atoms with Gasteiger partial charge in [-0.2, -0.15) is 0 Å². The van der Waals surface area contributed by atoms with E-state index >= 15 is 0 Å². The summed E-state index contributed by atoms with van der Waals surface area (Å²) in [4.78, 5) is 30.4. The van der Waals surface area contributed by atoms with Crippen molar-refractivity contribution in [3.05, 3.63) is 81.5 Å². The minimum atomic E-state index is -0.482. The highest BCUT2D eigenvalue weighted by atomic mass is 32.1. The number of aromatic nitrogens is 2. The fraction of sp³-hybridized carbons (Fsp3) is 0.174. The van der Waals surface area contributed by atoms with E-state index in [-0.39, 0.29) is 30.1 Å². The number of nitrogens with zero attached hydrogens (tertiary/aromatic N) is 2. The van der Waals surface area contributed by atoms with Gasteiger partial charge in [-0.1, -0.05) is 35.9 Å². The zero-order valence-electron chi connectivity index (χ0n) is 16.6. The van der Waals surface area contributed by atoms with Crippen LogP contribution in [0.15, 0.2) is 59.0 Å². The van der Waals surface area contributed by atoms with Crippen molar-refractivity contribution in [2.75, 3.05) is 5.32 Å². The van der Waals surface area contributed by atoms with Crippen molar-refractivity contribution in [3.8, 4) is 11.1 Å². The molecule has 152 valence electrons. The second-order valence-electron chi connectivity index (χ2n) is 7.22. The molecule has 0 spiro atoms. The van der Waals surface area contributed by atoms with Crippen LogP contribution in [-0.2, 0) is 11.3 Å². The normalized spacial score (nSPS) is 11.0. The molecule has 30 heavy (non-hydrogen) atoms. The van der Waals surface area contributed by atoms with Gasteiger partial charge < -0.3 is 5.32 Å². The van der Waals surface area contributed by atoms with Gasteiger partial charge in [-0.15, -0.1) is 11.3 Å². The number of anilines is 1. The van der Waals surface area contributed by atoms with Gasteiger partial charge in [0.05, 0.1) is 17.4 Å². The minimum absolute atomic E-state index is 0.0322. The molecule has 0 saturated carbocycles. The molecule has 0 aliphatic heterocycles. The smallest absolute Gasteiger partial charge is 0.262 e. The van der Waals surface area contributed by atoms with Crippen LogP contribution in [0, 0.1) is 19.7 Å². The maximum Gasteiger partial charge on any atom is 0.262 e. The quantitative estimate of drug-likeness (QED) is 0.498. The molecule has 0 aliphatic rings. The van der Waals surface area contributed by atoms with Crippen molar-refractivity contribution < 1.29 is 9.18 Å². The Hall–Kier alpha value is -3.32. The van der Waals surface area contributed by atoms with Crippen molar-refractivity contribution >= 4 is 33.1 Å². The average Bonchev–Trinajstić information content (AvgIpc) is 3.15. The number of nitrogens with one attached hydrogen (secondary N) is 1. The lowest BCUT2D eigenvalue weighted by molar-refractivity contribution is -0.116. The van der Waals surface area contributed by atoms with Gasteiger partial charge in [0.1, 0.15) is 10.6 Å². The highest BCUT2D eigenvalue weighted by Crippen LogP contribution is 2.30. The number of hydrogen-bond donors (Lipinski definition) is 1. The van der Waals surface area contributed by atoms with Crippen molar-refractivity contribution in [2.24, 2.45) is 0 Å². The van der Waals surface area contributed by atoms with Crippen molar-refractivity contribution in [2.45, 2.75) is 26.8 Å². The number of carbonyl (C=O) groups is 1. The SMILES string of the molecule is Cc1ccc(-c2csc3ncn(CCC(=O)Nc4ccc(C)cc4F)c(=O)c23)cc1. The fourth-order valence-electron chi connectivity index (χ4n) is 3.23. The second kappa shape index (κ2) is 8.20. The van der Waals surface area contributed by atoms with Crippen molar-refractivity contribution in [1.29, 1.82) is 0 Å². The van der Waals surface area contributed by atoms with Gasteiger partial charge >= 0.3 is 0 Å². The maximum atomic E-state index is 13.9. The van der Waals surface area contributed by atoms with Gasteiger partial charge in [0.2, 0.25) is 5.91 Å². The van der Waals surface area contributed by atoms with Crippen molar-refractivity contribution in [1.82, 2.24) is 9.55 Å². The van der Waals surface area contributed by atoms with Gasteiger partial charge in [0.25, 0.3) is 5.56 Å². The second-order valence-corrected chi connectivity index (χ2v) is 8.08. The van der Waals surface area contributed by atoms with Crippen LogP contribution in [0.5, 0.6) is 0 Å². The molecule has 1 N–H and O–H groups in total. The van der Waals surface area contributed by atoms with Gasteiger partial charge in [-0.25, -0.2) is 9.37 Å². The number of carbonyl (C=O) groups excluding carboxylic acids is 1. The maximum absolute atomic E-state index is 13.9. The number of benzene rings is 2. The number of fused-ring (bicyclic) bond motifs is 1. The summed E-state index contributed by atoms with van der Waals surface area (Å²) in [6.45, 7) is 3.95. The first kappa shape index (κ1) is 20.0. The van der Waals surface area contributed by atoms with Gasteiger partial charge in [-0.3, -0.25) is 14.2 Å². The Morgan fingerprint density at radius 1 is 1.13 bits per heavy atom. The molecule has 2 aromatic carbocycles. The molecule has 0 radical (unpaired) electrons. The lowest BCUT2D eigenvalue weighted by Crippen LogP contribution is -2.23. The average molecular weight is 421 g/mol. The van der Waals surface area contributed by atoms with E-state index in [1.807, 2.05) is 36.6 Å². The summed E-state index contributed by atoms with van der Waals surface area (Å²) in [5.74, 6) is -0.849. The third-order valence-corrected chi connectivity index (χ3v) is 5.79. The van der Waals surface area contributed by atoms with Gasteiger partial charge in [0, 0.05) is 23.9 Å². The van der Waals surface area contributed by atoms with Crippen LogP contribution in [0.2, 0.25) is 0 Å². The number of halogens is 1. The summed E-state index contributed by atoms with van der Waals surface area (Å²) in [5.41, 5.74) is 3.66. The summed E-state index contributed by atoms with van der Waals surface area (Å²) in [5, 5.41) is 5.04. The topological polar surface area (TPSA) is 64.0 Å². The van der Waals surface area contributed by atoms with Crippen LogP contribution in [0.4, 0.5) is 10.1 Å². The molecule has 0 fully saturated rings. The Balaban J connectivity index is 1.55. The van der Waals surface area contributed by atoms with Crippen LogP contribution in [0.3, 0.4) is 0 Å². The fourth-order valence-corrected chi connectivity index (χ4v) is 4.14. The lowest BCUT2D eigenvalue weighted by atomic mass is 10.1. The molecule has 4 rings (SSSR count). The molecule has 2 heterocycles. The Labute approximate surface area is 176 Å². The first-order valence-electron chi connectivity index (χ1n) is 9.52. The van der Waals surface area contributed by atoms with Gasteiger partial charge in [0.15, 0.2) is 0 Å². The molecular weight excluding hydrogens is 401 g/mol. The first-order valence-corrected chi connectivity index (χ1v) is 10.4. The Bertz CT molecular complexity index is 1290. The van der Waals surface area contributed by atoms with Crippen LogP contribution in [0.25, 0.3) is 21.3 Å². The third-order valence-electron chi connectivity index (χ3n) is 4.90. The summed E-state index contributed by atoms with van der Waals surface area (Å²) in [6, 6.07) is 12.6. The molecule has 1 amide bonds. The highest BCUT2D eigenvalue weighted by Gasteiger charge is 2.14. The Kier molecular flexibility index (Phi) is 5.46. The number of aryl methyl sites for hydroxylation is 3. The summed E-state index contributed by atoms with van der Waals surface area (Å²) in [6.07, 6.45) is 1.49. The molecule has 0 bridgehead atoms. The number of amides is 1. The van der Waals surface area contributed by atoms with E-state index in [0.29, 0.717) is 10.2 Å². The highest BCUT2D eigenvalue weighted by molar-refractivity contribution is 7.17.